The minimum atomic E-state index is -0.516. The molecule has 3 heterocycles. The van der Waals surface area contributed by atoms with Gasteiger partial charge in [-0.2, -0.15) is 4.99 Å². The summed E-state index contributed by atoms with van der Waals surface area (Å²) in [7, 11) is 6.12. The number of fused-ring (bicyclic) bond motifs is 2. The lowest BCUT2D eigenvalue weighted by molar-refractivity contribution is -0.118. The Balaban J connectivity index is 1.77. The molecule has 0 saturated carbocycles. The number of nitrogens with zero attached hydrogens (tertiary/aromatic N) is 6. The number of methoxy groups -OCH3 is 2. The van der Waals surface area contributed by atoms with Crippen LogP contribution >= 0.6 is 11.3 Å². The quantitative estimate of drug-likeness (QED) is 0.409. The molecule has 12 heteroatoms. The highest BCUT2D eigenvalue weighted by Gasteiger charge is 2.16. The minimum Gasteiger partial charge on any atom is -0.497 e. The van der Waals surface area contributed by atoms with Crippen LogP contribution in [-0.2, 0) is 36.7 Å². The van der Waals surface area contributed by atoms with Crippen LogP contribution in [0.15, 0.2) is 39.1 Å². The molecule has 0 atom stereocenters. The zero-order valence-electron chi connectivity index (χ0n) is 18.1. The topological polar surface area (TPSA) is 115 Å². The van der Waals surface area contributed by atoms with Crippen LogP contribution in [0.5, 0.6) is 5.75 Å². The van der Waals surface area contributed by atoms with Crippen LogP contribution in [0.1, 0.15) is 0 Å². The van der Waals surface area contributed by atoms with Crippen LogP contribution in [0.25, 0.3) is 21.4 Å². The van der Waals surface area contributed by atoms with Crippen LogP contribution < -0.4 is 20.8 Å². The van der Waals surface area contributed by atoms with E-state index in [-0.39, 0.29) is 17.7 Å². The highest BCUT2D eigenvalue weighted by molar-refractivity contribution is 7.16. The van der Waals surface area contributed by atoms with E-state index in [1.54, 1.807) is 14.2 Å². The molecule has 11 nitrogen and oxygen atoms in total. The van der Waals surface area contributed by atoms with Gasteiger partial charge in [0.15, 0.2) is 16.0 Å². The lowest BCUT2D eigenvalue weighted by Crippen LogP contribution is -2.37. The van der Waals surface area contributed by atoms with Crippen molar-refractivity contribution in [3.05, 3.63) is 50.2 Å². The molecule has 0 spiro atoms. The molecule has 0 fully saturated rings. The Morgan fingerprint density at radius 2 is 1.97 bits per heavy atom. The molecule has 0 bridgehead atoms. The van der Waals surface area contributed by atoms with Gasteiger partial charge in [0.1, 0.15) is 12.3 Å². The number of aryl methyl sites for hydroxylation is 1. The number of ether oxygens (including phenoxy) is 2. The van der Waals surface area contributed by atoms with Gasteiger partial charge in [0.25, 0.3) is 11.5 Å². The van der Waals surface area contributed by atoms with E-state index in [4.69, 9.17) is 9.47 Å². The first-order valence-corrected chi connectivity index (χ1v) is 10.5. The lowest BCUT2D eigenvalue weighted by Gasteiger charge is -2.06. The monoisotopic (exact) mass is 458 g/mol. The predicted molar refractivity (Wildman–Crippen MR) is 119 cm³/mol. The second-order valence-electron chi connectivity index (χ2n) is 7.12. The Kier molecular flexibility index (Phi) is 5.80. The number of carbonyl (C=O) groups is 1. The van der Waals surface area contributed by atoms with Gasteiger partial charge in [-0.1, -0.05) is 11.3 Å². The molecular weight excluding hydrogens is 436 g/mol. The Morgan fingerprint density at radius 3 is 2.69 bits per heavy atom. The molecule has 4 aromatic rings. The molecule has 0 radical (unpaired) electrons. The second kappa shape index (κ2) is 8.55. The minimum absolute atomic E-state index is 0.173. The van der Waals surface area contributed by atoms with Crippen molar-refractivity contribution in [1.29, 1.82) is 0 Å². The third kappa shape index (κ3) is 3.67. The Morgan fingerprint density at radius 1 is 1.19 bits per heavy atom. The van der Waals surface area contributed by atoms with Gasteiger partial charge in [-0.25, -0.2) is 9.78 Å². The van der Waals surface area contributed by atoms with Gasteiger partial charge in [-0.15, -0.1) is 0 Å². The SMILES string of the molecule is COCCn1c(=NC(=O)Cn2cnc3c2c(=O)n(C)c(=O)n3C)sc2cc(OC)ccc21. The first kappa shape index (κ1) is 21.7. The summed E-state index contributed by atoms with van der Waals surface area (Å²) in [4.78, 5) is 46.5. The molecule has 0 aliphatic rings. The fraction of sp³-hybridized carbons (Fsp3) is 0.350. The van der Waals surface area contributed by atoms with Crippen LogP contribution in [0.3, 0.4) is 0 Å². The maximum atomic E-state index is 12.8. The maximum Gasteiger partial charge on any atom is 0.332 e. The van der Waals surface area contributed by atoms with Gasteiger partial charge in [0, 0.05) is 27.7 Å². The van der Waals surface area contributed by atoms with Crippen molar-refractivity contribution in [2.45, 2.75) is 13.1 Å². The van der Waals surface area contributed by atoms with Gasteiger partial charge in [-0.05, 0) is 18.2 Å². The molecule has 3 aromatic heterocycles. The molecule has 168 valence electrons. The zero-order valence-corrected chi connectivity index (χ0v) is 18.9. The Hall–Kier alpha value is -3.51. The molecule has 0 aliphatic carbocycles. The van der Waals surface area contributed by atoms with E-state index in [2.05, 4.69) is 9.98 Å². The standard InChI is InChI=1S/C20H22N6O5S/c1-23-17-16(18(28)24(2)20(23)29)25(11-21-17)10-15(27)22-19-26(7-8-30-3)13-6-5-12(31-4)9-14(13)32-19/h5-6,9,11H,7-8,10H2,1-4H3. The van der Waals surface area contributed by atoms with E-state index >= 15 is 0 Å². The smallest absolute Gasteiger partial charge is 0.332 e. The largest absolute Gasteiger partial charge is 0.497 e. The van der Waals surface area contributed by atoms with Crippen LogP contribution in [0, 0.1) is 0 Å². The number of amides is 1. The summed E-state index contributed by atoms with van der Waals surface area (Å²) in [6.45, 7) is 0.785. The van der Waals surface area contributed by atoms with Gasteiger partial charge >= 0.3 is 5.69 Å². The average Bonchev–Trinajstić information content (AvgIpc) is 3.35. The summed E-state index contributed by atoms with van der Waals surface area (Å²) in [5.74, 6) is 0.256. The fourth-order valence-corrected chi connectivity index (χ4v) is 4.57. The Labute approximate surface area is 185 Å². The molecule has 4 rings (SSSR count). The molecule has 0 unspecified atom stereocenters. The molecule has 0 N–H and O–H groups in total. The van der Waals surface area contributed by atoms with Gasteiger partial charge in [0.05, 0.1) is 30.3 Å². The number of benzene rings is 1. The van der Waals surface area contributed by atoms with Crippen LogP contribution in [0.4, 0.5) is 0 Å². The predicted octanol–water partition coefficient (Wildman–Crippen LogP) is 0.232. The first-order valence-electron chi connectivity index (χ1n) is 9.70. The summed E-state index contributed by atoms with van der Waals surface area (Å²) in [6.07, 6.45) is 1.37. The van der Waals surface area contributed by atoms with Crippen molar-refractivity contribution < 1.29 is 14.3 Å². The molecule has 0 saturated heterocycles. The third-order valence-electron chi connectivity index (χ3n) is 5.15. The number of rotatable bonds is 6. The van der Waals surface area contributed by atoms with E-state index in [9.17, 15) is 14.4 Å². The van der Waals surface area contributed by atoms with E-state index < -0.39 is 17.2 Å². The van der Waals surface area contributed by atoms with E-state index in [1.165, 1.54) is 40.9 Å². The molecule has 32 heavy (non-hydrogen) atoms. The maximum absolute atomic E-state index is 12.8. The number of imidazole rings is 1. The van der Waals surface area contributed by atoms with Crippen molar-refractivity contribution in [3.63, 3.8) is 0 Å². The molecule has 1 amide bonds. The number of thiazole rings is 1. The molecule has 1 aromatic carbocycles. The van der Waals surface area contributed by atoms with Gasteiger partial charge < -0.3 is 18.6 Å². The van der Waals surface area contributed by atoms with Gasteiger partial charge in [-0.3, -0.25) is 18.7 Å². The molecule has 0 aliphatic heterocycles. The van der Waals surface area contributed by atoms with Crippen LogP contribution in [0.2, 0.25) is 0 Å². The Bertz CT molecular complexity index is 1520. The third-order valence-corrected chi connectivity index (χ3v) is 6.19. The summed E-state index contributed by atoms with van der Waals surface area (Å²) in [6, 6.07) is 5.65. The average molecular weight is 459 g/mol. The summed E-state index contributed by atoms with van der Waals surface area (Å²) in [5, 5.41) is 0. The normalized spacial score (nSPS) is 12.2. The number of carbonyl (C=O) groups excluding carboxylic acids is 1. The van der Waals surface area contributed by atoms with Gasteiger partial charge in [0.2, 0.25) is 0 Å². The van der Waals surface area contributed by atoms with Crippen molar-refractivity contribution in [3.8, 4) is 5.75 Å². The van der Waals surface area contributed by atoms with Crippen molar-refractivity contribution >= 4 is 38.6 Å². The van der Waals surface area contributed by atoms with E-state index in [0.717, 1.165) is 14.8 Å². The number of hydrogen-bond donors (Lipinski definition) is 0. The van der Waals surface area contributed by atoms with Crippen LogP contribution in [-0.4, -0.2) is 50.0 Å². The number of hydrogen-bond acceptors (Lipinski definition) is 7. The second-order valence-corrected chi connectivity index (χ2v) is 8.13. The zero-order chi connectivity index (χ0) is 23.0. The highest BCUT2D eigenvalue weighted by atomic mass is 32.1. The van der Waals surface area contributed by atoms with E-state index in [1.807, 2.05) is 22.8 Å². The fourth-order valence-electron chi connectivity index (χ4n) is 3.47. The van der Waals surface area contributed by atoms with Crippen molar-refractivity contribution in [2.75, 3.05) is 20.8 Å². The summed E-state index contributed by atoms with van der Waals surface area (Å²) < 4.78 is 17.0. The van der Waals surface area contributed by atoms with E-state index in [0.29, 0.717) is 23.7 Å². The number of aromatic nitrogens is 5. The summed E-state index contributed by atoms with van der Waals surface area (Å²) >= 11 is 1.36. The van der Waals surface area contributed by atoms with Crippen molar-refractivity contribution in [2.24, 2.45) is 19.1 Å². The highest BCUT2D eigenvalue weighted by Crippen LogP contribution is 2.23. The molecular formula is C20H22N6O5S. The lowest BCUT2D eigenvalue weighted by atomic mass is 10.3. The first-order chi connectivity index (χ1) is 15.3. The van der Waals surface area contributed by atoms with Crippen molar-refractivity contribution in [1.82, 2.24) is 23.3 Å². The summed E-state index contributed by atoms with van der Waals surface area (Å²) in [5.41, 5.74) is 0.305.